The van der Waals surface area contributed by atoms with Crippen LogP contribution in [0, 0.1) is 0 Å². The summed E-state index contributed by atoms with van der Waals surface area (Å²) in [4.78, 5) is 37.6. The molecule has 41 heavy (non-hydrogen) atoms. The van der Waals surface area contributed by atoms with Crippen molar-refractivity contribution in [1.82, 2.24) is 19.9 Å². The molecule has 0 aliphatic carbocycles. The molecule has 0 bridgehead atoms. The van der Waals surface area contributed by atoms with Gasteiger partial charge in [-0.05, 0) is 37.5 Å². The molecule has 3 heterocycles. The highest BCUT2D eigenvalue weighted by Crippen LogP contribution is 2.34. The van der Waals surface area contributed by atoms with Crippen molar-refractivity contribution in [3.05, 3.63) is 75.8 Å². The Balaban J connectivity index is 1.49. The number of hydrogen-bond donors (Lipinski definition) is 1. The summed E-state index contributed by atoms with van der Waals surface area (Å²) in [5.74, 6) is -3.32. The molecule has 2 aromatic heterocycles. The fraction of sp³-hybridized carbons (Fsp3) is 0.379. The van der Waals surface area contributed by atoms with Gasteiger partial charge in [-0.1, -0.05) is 41.7 Å². The van der Waals surface area contributed by atoms with Crippen molar-refractivity contribution in [2.45, 2.75) is 51.2 Å². The minimum Gasteiger partial charge on any atom is -0.497 e. The number of halogens is 2. The van der Waals surface area contributed by atoms with E-state index in [0.717, 1.165) is 27.9 Å². The van der Waals surface area contributed by atoms with Crippen LogP contribution in [0.3, 0.4) is 0 Å². The molecule has 1 saturated heterocycles. The van der Waals surface area contributed by atoms with Crippen molar-refractivity contribution < 1.29 is 23.0 Å². The lowest BCUT2D eigenvalue weighted by Gasteiger charge is -2.25. The summed E-state index contributed by atoms with van der Waals surface area (Å²) in [6.45, 7) is 2.97. The van der Waals surface area contributed by atoms with Crippen LogP contribution in [0.15, 0.2) is 53.3 Å². The first-order valence-corrected chi connectivity index (χ1v) is 14.0. The number of rotatable bonds is 9. The fourth-order valence-corrected chi connectivity index (χ4v) is 6.06. The third-order valence-electron chi connectivity index (χ3n) is 7.18. The number of carbonyl (C=O) groups excluding carboxylic acids is 1. The van der Waals surface area contributed by atoms with Crippen molar-refractivity contribution in [3.8, 4) is 11.5 Å². The lowest BCUT2D eigenvalue weighted by molar-refractivity contribution is -0.122. The molecule has 0 radical (unpaired) electrons. The van der Waals surface area contributed by atoms with E-state index in [0.29, 0.717) is 42.1 Å². The summed E-state index contributed by atoms with van der Waals surface area (Å²) in [6, 6.07) is 13.9. The SMILES string of the molecule is COc1ccc(Cn2c(C(C)(F)F)nc3sc(N4CCC[C@@H]4C(=O)N[C@H](C)c4ccccc4)nc3c2=O)c(OC)c1. The number of thiazole rings is 1. The molecule has 5 rings (SSSR count). The standard InChI is InChI=1S/C29H31F2N5O4S/c1-17(18-9-6-5-7-10-18)32-24(37)21-11-8-14-35(21)28-33-23-25(41-28)34-27(29(2,30)31)36(26(23)38)16-19-12-13-20(39-3)15-22(19)40-4/h5-7,9-10,12-13,15,17,21H,8,11,14,16H2,1-4H3,(H,32,37)/t17-,21-/m1/s1. The molecule has 1 aliphatic heterocycles. The summed E-state index contributed by atoms with van der Waals surface area (Å²) in [6.07, 6.45) is 1.36. The van der Waals surface area contributed by atoms with Crippen LogP contribution in [-0.4, -0.2) is 47.2 Å². The summed E-state index contributed by atoms with van der Waals surface area (Å²) in [7, 11) is 2.96. The van der Waals surface area contributed by atoms with Crippen LogP contribution in [0.25, 0.3) is 10.3 Å². The average molecular weight is 584 g/mol. The van der Waals surface area contributed by atoms with Gasteiger partial charge in [-0.2, -0.15) is 8.78 Å². The number of anilines is 1. The fourth-order valence-electron chi connectivity index (χ4n) is 5.06. The maximum atomic E-state index is 14.8. The first kappa shape index (κ1) is 28.5. The van der Waals surface area contributed by atoms with Crippen LogP contribution in [0.2, 0.25) is 0 Å². The number of alkyl halides is 2. The van der Waals surface area contributed by atoms with Gasteiger partial charge in [-0.25, -0.2) is 9.97 Å². The Hall–Kier alpha value is -4.06. The molecule has 0 unspecified atom stereocenters. The summed E-state index contributed by atoms with van der Waals surface area (Å²) in [5, 5.41) is 3.46. The maximum Gasteiger partial charge on any atom is 0.302 e. The van der Waals surface area contributed by atoms with Crippen LogP contribution >= 0.6 is 11.3 Å². The monoisotopic (exact) mass is 583 g/mol. The molecular weight excluding hydrogens is 552 g/mol. The Labute approximate surface area is 239 Å². The highest BCUT2D eigenvalue weighted by atomic mass is 32.1. The number of hydrogen-bond acceptors (Lipinski definition) is 8. The zero-order valence-corrected chi connectivity index (χ0v) is 24.0. The normalized spacial score (nSPS) is 16.1. The molecule has 1 N–H and O–H groups in total. The molecule has 1 amide bonds. The average Bonchev–Trinajstić information content (AvgIpc) is 3.62. The second-order valence-electron chi connectivity index (χ2n) is 10.0. The number of nitrogens with zero attached hydrogens (tertiary/aromatic N) is 4. The summed E-state index contributed by atoms with van der Waals surface area (Å²) < 4.78 is 41.2. The molecule has 2 atom stereocenters. The van der Waals surface area contributed by atoms with Gasteiger partial charge in [-0.15, -0.1) is 0 Å². The van der Waals surface area contributed by atoms with Crippen LogP contribution in [0.1, 0.15) is 49.7 Å². The molecule has 9 nitrogen and oxygen atoms in total. The van der Waals surface area contributed by atoms with E-state index in [1.807, 2.05) is 42.2 Å². The van der Waals surface area contributed by atoms with E-state index < -0.39 is 23.3 Å². The van der Waals surface area contributed by atoms with Crippen LogP contribution in [0.5, 0.6) is 11.5 Å². The smallest absolute Gasteiger partial charge is 0.302 e. The van der Waals surface area contributed by atoms with Gasteiger partial charge in [-0.3, -0.25) is 14.2 Å². The second kappa shape index (κ2) is 11.4. The Morgan fingerprint density at radius 2 is 1.93 bits per heavy atom. The molecule has 1 fully saturated rings. The third-order valence-corrected chi connectivity index (χ3v) is 8.17. The van der Waals surface area contributed by atoms with E-state index in [2.05, 4.69) is 15.3 Å². The molecule has 12 heteroatoms. The number of ether oxygens (including phenoxy) is 2. The van der Waals surface area contributed by atoms with E-state index in [-0.39, 0.29) is 28.8 Å². The molecular formula is C29H31F2N5O4S. The molecule has 216 valence electrons. The van der Waals surface area contributed by atoms with Gasteiger partial charge in [0, 0.05) is 25.1 Å². The van der Waals surface area contributed by atoms with Crippen LogP contribution in [-0.2, 0) is 17.3 Å². The molecule has 0 spiro atoms. The highest BCUT2D eigenvalue weighted by molar-refractivity contribution is 7.21. The van der Waals surface area contributed by atoms with E-state index in [9.17, 15) is 18.4 Å². The Bertz CT molecular complexity index is 1620. The second-order valence-corrected chi connectivity index (χ2v) is 11.0. The van der Waals surface area contributed by atoms with Crippen LogP contribution < -0.4 is 25.2 Å². The van der Waals surface area contributed by atoms with Gasteiger partial charge < -0.3 is 19.7 Å². The van der Waals surface area contributed by atoms with Crippen molar-refractivity contribution in [1.29, 1.82) is 0 Å². The van der Waals surface area contributed by atoms with Crippen molar-refractivity contribution in [2.24, 2.45) is 0 Å². The molecule has 2 aromatic carbocycles. The predicted octanol–water partition coefficient (Wildman–Crippen LogP) is 4.88. The lowest BCUT2D eigenvalue weighted by Crippen LogP contribution is -2.44. The van der Waals surface area contributed by atoms with E-state index in [1.165, 1.54) is 14.2 Å². The first-order chi connectivity index (χ1) is 19.6. The van der Waals surface area contributed by atoms with Gasteiger partial charge in [0.05, 0.1) is 26.8 Å². The molecule has 0 saturated carbocycles. The topological polar surface area (TPSA) is 98.6 Å². The van der Waals surface area contributed by atoms with Crippen molar-refractivity contribution >= 4 is 32.7 Å². The quantitative estimate of drug-likeness (QED) is 0.300. The number of nitrogens with one attached hydrogen (secondary N) is 1. The Morgan fingerprint density at radius 3 is 2.61 bits per heavy atom. The number of benzene rings is 2. The van der Waals surface area contributed by atoms with E-state index >= 15 is 0 Å². The zero-order valence-electron chi connectivity index (χ0n) is 23.2. The largest absolute Gasteiger partial charge is 0.497 e. The van der Waals surface area contributed by atoms with E-state index in [4.69, 9.17) is 9.47 Å². The predicted molar refractivity (Wildman–Crippen MR) is 153 cm³/mol. The van der Waals surface area contributed by atoms with Gasteiger partial charge in [0.25, 0.3) is 5.56 Å². The number of carbonyl (C=O) groups is 1. The zero-order chi connectivity index (χ0) is 29.3. The van der Waals surface area contributed by atoms with Gasteiger partial charge in [0.1, 0.15) is 17.5 Å². The third kappa shape index (κ3) is 5.74. The maximum absolute atomic E-state index is 14.8. The van der Waals surface area contributed by atoms with E-state index in [1.54, 1.807) is 18.2 Å². The minimum absolute atomic E-state index is 0.0193. The number of amides is 1. The first-order valence-electron chi connectivity index (χ1n) is 13.2. The lowest BCUT2D eigenvalue weighted by atomic mass is 10.1. The number of methoxy groups -OCH3 is 2. The Kier molecular flexibility index (Phi) is 7.94. The van der Waals surface area contributed by atoms with Crippen molar-refractivity contribution in [2.75, 3.05) is 25.7 Å². The Morgan fingerprint density at radius 1 is 1.17 bits per heavy atom. The highest BCUT2D eigenvalue weighted by Gasteiger charge is 2.36. The molecule has 1 aliphatic rings. The van der Waals surface area contributed by atoms with Gasteiger partial charge >= 0.3 is 5.92 Å². The molecule has 4 aromatic rings. The minimum atomic E-state index is -3.40. The van der Waals surface area contributed by atoms with Crippen molar-refractivity contribution in [3.63, 3.8) is 0 Å². The summed E-state index contributed by atoms with van der Waals surface area (Å²) in [5.41, 5.74) is 0.775. The number of aromatic nitrogens is 3. The van der Waals surface area contributed by atoms with Crippen LogP contribution in [0.4, 0.5) is 13.9 Å². The van der Waals surface area contributed by atoms with Gasteiger partial charge in [0.2, 0.25) is 5.91 Å². The number of fused-ring (bicyclic) bond motifs is 1. The summed E-state index contributed by atoms with van der Waals surface area (Å²) >= 11 is 1.04. The van der Waals surface area contributed by atoms with Gasteiger partial charge in [0.15, 0.2) is 21.3 Å².